The molecule has 5 aliphatic heterocycles. The van der Waals surface area contributed by atoms with E-state index < -0.39 is 135 Å². The summed E-state index contributed by atoms with van der Waals surface area (Å²) in [6.45, 7) is 0. The molecule has 8 bridgehead atoms. The van der Waals surface area contributed by atoms with Gasteiger partial charge < -0.3 is 0 Å². The smallest absolute Gasteiger partial charge is 0.0681 e. The van der Waals surface area contributed by atoms with Gasteiger partial charge in [0, 0.05) is 64.4 Å². The van der Waals surface area contributed by atoms with Crippen molar-refractivity contribution in [3.8, 4) is 0 Å². The Bertz CT molecular complexity index is 1170. The molecule has 9 fully saturated rings. The van der Waals surface area contributed by atoms with Crippen LogP contribution in [0.25, 0.3) is 0 Å². The minimum absolute atomic E-state index is 0. The van der Waals surface area contributed by atoms with Gasteiger partial charge in [-0.05, 0) is 0 Å². The molecule has 8 nitrogen and oxygen atoms in total. The normalized spacial score (nSPS) is 64.8. The molecule has 8 N–H and O–H groups in total. The van der Waals surface area contributed by atoms with E-state index in [0.29, 0.717) is 0 Å². The molecule has 24 unspecified atom stereocenters. The minimum Gasteiger partial charge on any atom is -0.286 e. The molecule has 331 valence electrons. The molecular formula is C32H40Cl16CuN8. The van der Waals surface area contributed by atoms with E-state index in [1.54, 1.807) is 0 Å². The van der Waals surface area contributed by atoms with E-state index in [1.165, 1.54) is 0 Å². The van der Waals surface area contributed by atoms with Crippen molar-refractivity contribution in [2.24, 2.45) is 47.3 Å². The van der Waals surface area contributed by atoms with Crippen LogP contribution in [0.5, 0.6) is 0 Å². The second-order valence-electron chi connectivity index (χ2n) is 16.9. The number of hydrogen-bond acceptors (Lipinski definition) is 8. The molecule has 24 atom stereocenters. The Morgan fingerprint density at radius 2 is 0.246 bits per heavy atom. The largest absolute Gasteiger partial charge is 0.286 e. The Morgan fingerprint density at radius 1 is 0.158 bits per heavy atom. The molecule has 1 radical (unpaired) electrons. The molecule has 4 aliphatic carbocycles. The summed E-state index contributed by atoms with van der Waals surface area (Å²) in [4.78, 5) is 0. The Morgan fingerprint density at radius 3 is 0.333 bits per heavy atom. The maximum atomic E-state index is 7.25. The molecule has 9 rings (SSSR count). The average Bonchev–Trinajstić information content (AvgIpc) is 3.92. The van der Waals surface area contributed by atoms with Crippen LogP contribution in [0.1, 0.15) is 0 Å². The third-order valence-electron chi connectivity index (χ3n) is 14.3. The fraction of sp³-hybridized carbons (Fsp3) is 1.00. The van der Waals surface area contributed by atoms with Gasteiger partial charge in [0.2, 0.25) is 0 Å². The number of nitrogens with one attached hydrogen (secondary N) is 8. The predicted octanol–water partition coefficient (Wildman–Crippen LogP) is 6.08. The fourth-order valence-electron chi connectivity index (χ4n) is 11.8. The molecule has 5 heterocycles. The van der Waals surface area contributed by atoms with Gasteiger partial charge in [0.25, 0.3) is 0 Å². The second kappa shape index (κ2) is 18.4. The number of rotatable bonds is 0. The van der Waals surface area contributed by atoms with E-state index in [-0.39, 0.29) is 64.4 Å². The van der Waals surface area contributed by atoms with E-state index >= 15 is 0 Å². The molecule has 0 aromatic carbocycles. The summed E-state index contributed by atoms with van der Waals surface area (Å²) < 4.78 is 0. The molecule has 9 aliphatic rings. The molecular weight excluding hydrogens is 1130 g/mol. The zero-order valence-electron chi connectivity index (χ0n) is 28.8. The summed E-state index contributed by atoms with van der Waals surface area (Å²) in [5, 5.41) is 21.0. The first-order chi connectivity index (χ1) is 26.4. The number of halogens is 16. The van der Waals surface area contributed by atoms with Crippen molar-refractivity contribution < 1.29 is 17.1 Å². The van der Waals surface area contributed by atoms with E-state index in [9.17, 15) is 0 Å². The number of fused-ring (bicyclic) bond motifs is 20. The van der Waals surface area contributed by atoms with Gasteiger partial charge in [0.1, 0.15) is 0 Å². The van der Waals surface area contributed by atoms with E-state index in [0.717, 1.165) is 0 Å². The van der Waals surface area contributed by atoms with Crippen molar-refractivity contribution >= 4 is 186 Å². The minimum atomic E-state index is -0.618. The van der Waals surface area contributed by atoms with Crippen LogP contribution in [0.2, 0.25) is 0 Å². The predicted molar refractivity (Wildman–Crippen MR) is 238 cm³/mol. The Labute approximate surface area is 423 Å². The van der Waals surface area contributed by atoms with Gasteiger partial charge in [-0.2, -0.15) is 0 Å². The van der Waals surface area contributed by atoms with Gasteiger partial charge >= 0.3 is 0 Å². The maximum absolute atomic E-state index is 7.25. The first kappa shape index (κ1) is 48.3. The van der Waals surface area contributed by atoms with Crippen LogP contribution in [-0.2, 0) is 17.1 Å². The fourth-order valence-corrected chi connectivity index (χ4v) is 18.7. The molecule has 0 aromatic heterocycles. The van der Waals surface area contributed by atoms with Crippen LogP contribution < -0.4 is 42.5 Å². The van der Waals surface area contributed by atoms with Crippen molar-refractivity contribution in [2.75, 3.05) is 0 Å². The molecule has 0 spiro atoms. The van der Waals surface area contributed by atoms with Gasteiger partial charge in [-0.15, -0.1) is 186 Å². The van der Waals surface area contributed by atoms with Crippen molar-refractivity contribution in [3.05, 3.63) is 0 Å². The summed E-state index contributed by atoms with van der Waals surface area (Å²) in [7, 11) is 0. The first-order valence-electron chi connectivity index (χ1n) is 18.8. The molecule has 0 amide bonds. The van der Waals surface area contributed by atoms with Crippen LogP contribution in [0.3, 0.4) is 0 Å². The van der Waals surface area contributed by atoms with Crippen LogP contribution in [0.15, 0.2) is 0 Å². The summed E-state index contributed by atoms with van der Waals surface area (Å²) >= 11 is 113. The molecule has 25 heteroatoms. The Balaban J connectivity index is 0.00000455. The van der Waals surface area contributed by atoms with Gasteiger partial charge in [-0.1, -0.05) is 0 Å². The van der Waals surface area contributed by atoms with Crippen molar-refractivity contribution in [3.63, 3.8) is 0 Å². The van der Waals surface area contributed by atoms with Crippen molar-refractivity contribution in [1.29, 1.82) is 0 Å². The van der Waals surface area contributed by atoms with Crippen molar-refractivity contribution in [1.82, 2.24) is 42.5 Å². The van der Waals surface area contributed by atoms with E-state index in [1.807, 2.05) is 0 Å². The summed E-state index contributed by atoms with van der Waals surface area (Å²) in [5.74, 6) is -2.37. The van der Waals surface area contributed by atoms with Gasteiger partial charge in [0.05, 0.1) is 135 Å². The quantitative estimate of drug-likeness (QED) is 0.110. The van der Waals surface area contributed by atoms with Crippen LogP contribution >= 0.6 is 186 Å². The summed E-state index contributed by atoms with van der Waals surface area (Å²) in [5.41, 5.74) is 0. The van der Waals surface area contributed by atoms with Crippen LogP contribution in [0, 0.1) is 47.3 Å². The molecule has 4 saturated carbocycles. The SMILES string of the molecule is ClC1C(Cl)C(Cl)C2C3NC(NC4NC(NC5NC(NC6NC(N3)C3C(Cl)C(Cl)C(Cl)C(Cl)C63)C3C(Cl)C(Cl)C(Cl)C(Cl)C53)C3C(Cl)C(Cl)C(Cl)C(Cl)C43)C2C1Cl.[Cu]. The van der Waals surface area contributed by atoms with Crippen molar-refractivity contribution in [2.45, 2.75) is 135 Å². The Hall–Kier alpha value is 4.84. The third-order valence-corrected chi connectivity index (χ3v) is 24.7. The second-order valence-corrected chi connectivity index (χ2v) is 24.9. The third kappa shape index (κ3) is 7.75. The van der Waals surface area contributed by atoms with E-state index in [4.69, 9.17) is 186 Å². The summed E-state index contributed by atoms with van der Waals surface area (Å²) in [6.07, 6.45) is -3.49. The molecule has 0 aromatic rings. The zero-order chi connectivity index (χ0) is 40.1. The van der Waals surface area contributed by atoms with Crippen LogP contribution in [0.4, 0.5) is 0 Å². The van der Waals surface area contributed by atoms with E-state index in [2.05, 4.69) is 42.5 Å². The van der Waals surface area contributed by atoms with Gasteiger partial charge in [0.15, 0.2) is 0 Å². The van der Waals surface area contributed by atoms with Gasteiger partial charge in [-0.25, -0.2) is 0 Å². The standard InChI is InChI=1S/C32H40Cl16N8.Cu/c33-9-1-2(10(34)18(42)17(9)41)26-49-25(1)53-27-3-4(12(36)20(44)19(43)11(3)35)29(50-27)55-31-7-8(16(40)24(48)23(47)15(7)39)32(52-31)56-30-6-5(28(51-30)54-26)13(37)21(45)22(46)14(6)38;/h1-32,49-56H;. The average molecular weight is 1170 g/mol. The van der Waals surface area contributed by atoms with Gasteiger partial charge in [-0.3, -0.25) is 42.5 Å². The Kier molecular flexibility index (Phi) is 15.6. The van der Waals surface area contributed by atoms with Crippen LogP contribution in [-0.4, -0.2) is 135 Å². The first-order valence-corrected chi connectivity index (χ1v) is 25.8. The maximum Gasteiger partial charge on any atom is 0.0681 e. The molecule has 5 saturated heterocycles. The number of alkyl halides is 16. The monoisotopic (exact) mass is 1160 g/mol. The topological polar surface area (TPSA) is 96.2 Å². The number of hydrogen-bond donors (Lipinski definition) is 8. The molecule has 57 heavy (non-hydrogen) atoms. The zero-order valence-corrected chi connectivity index (χ0v) is 41.9. The summed E-state index contributed by atoms with van der Waals surface area (Å²) in [6, 6.07) is 0.